The number of hydrogen-bond donors (Lipinski definition) is 1. The van der Waals surface area contributed by atoms with E-state index in [0.29, 0.717) is 24.8 Å². The molecule has 1 atom stereocenters. The number of benzene rings is 1. The minimum absolute atomic E-state index is 0.176. The molecule has 3 rings (SSSR count). The van der Waals surface area contributed by atoms with E-state index in [1.165, 1.54) is 0 Å². The Bertz CT molecular complexity index is 666. The number of rotatable bonds is 4. The molecule has 0 saturated carbocycles. The van der Waals surface area contributed by atoms with Crippen molar-refractivity contribution in [3.8, 4) is 11.3 Å². The van der Waals surface area contributed by atoms with Gasteiger partial charge in [0.05, 0.1) is 5.69 Å². The first-order valence-corrected chi connectivity index (χ1v) is 8.16. The second-order valence-electron chi connectivity index (χ2n) is 6.08. The monoisotopic (exact) mass is 313 g/mol. The largest absolute Gasteiger partial charge is 0.440 e. The van der Waals surface area contributed by atoms with Crippen molar-refractivity contribution >= 4 is 5.91 Å². The Morgan fingerprint density at radius 3 is 2.91 bits per heavy atom. The molecule has 23 heavy (non-hydrogen) atoms. The average molecular weight is 313 g/mol. The Labute approximate surface area is 136 Å². The number of hydrogen-bond acceptors (Lipinski definition) is 4. The lowest BCUT2D eigenvalue weighted by molar-refractivity contribution is -0.132. The number of oxazole rings is 1. The van der Waals surface area contributed by atoms with Gasteiger partial charge in [0.15, 0.2) is 11.7 Å². The number of aryl methyl sites for hydroxylation is 2. The van der Waals surface area contributed by atoms with Crippen molar-refractivity contribution in [2.24, 2.45) is 0 Å². The highest BCUT2D eigenvalue weighted by Crippen LogP contribution is 2.24. The number of piperazine rings is 1. The van der Waals surface area contributed by atoms with Crippen molar-refractivity contribution in [2.45, 2.75) is 32.7 Å². The predicted molar refractivity (Wildman–Crippen MR) is 89.0 cm³/mol. The molecule has 1 N–H and O–H groups in total. The van der Waals surface area contributed by atoms with Gasteiger partial charge in [0, 0.05) is 44.1 Å². The number of carbonyl (C=O) groups excluding carboxylic acids is 1. The van der Waals surface area contributed by atoms with Gasteiger partial charge in [0.1, 0.15) is 0 Å². The zero-order chi connectivity index (χ0) is 16.2. The van der Waals surface area contributed by atoms with Gasteiger partial charge in [0.25, 0.3) is 0 Å². The summed E-state index contributed by atoms with van der Waals surface area (Å²) in [7, 11) is 0. The molecule has 2 aromatic rings. The normalized spacial score (nSPS) is 18.2. The quantitative estimate of drug-likeness (QED) is 0.941. The van der Waals surface area contributed by atoms with E-state index < -0.39 is 0 Å². The van der Waals surface area contributed by atoms with Crippen LogP contribution in [0.3, 0.4) is 0 Å². The molecule has 1 fully saturated rings. The minimum Gasteiger partial charge on any atom is -0.440 e. The molecule has 0 radical (unpaired) electrons. The van der Waals surface area contributed by atoms with Crippen molar-refractivity contribution in [1.82, 2.24) is 15.2 Å². The topological polar surface area (TPSA) is 58.4 Å². The summed E-state index contributed by atoms with van der Waals surface area (Å²) in [4.78, 5) is 18.7. The van der Waals surface area contributed by atoms with Crippen molar-refractivity contribution < 1.29 is 9.21 Å². The van der Waals surface area contributed by atoms with Gasteiger partial charge in [-0.05, 0) is 13.8 Å². The highest BCUT2D eigenvalue weighted by atomic mass is 16.4. The molecule has 1 aliphatic heterocycles. The molecule has 0 spiro atoms. The van der Waals surface area contributed by atoms with Crippen LogP contribution in [0.4, 0.5) is 0 Å². The van der Waals surface area contributed by atoms with E-state index in [1.54, 1.807) is 0 Å². The van der Waals surface area contributed by atoms with E-state index >= 15 is 0 Å². The summed E-state index contributed by atoms with van der Waals surface area (Å²) >= 11 is 0. The average Bonchev–Trinajstić information content (AvgIpc) is 2.94. The summed E-state index contributed by atoms with van der Waals surface area (Å²) in [5.74, 6) is 1.61. The SMILES string of the molecule is Cc1nc(CCC(=O)N2CCN[C@H](C)C2)oc1-c1ccccc1. The second kappa shape index (κ2) is 6.96. The summed E-state index contributed by atoms with van der Waals surface area (Å²) in [6.45, 7) is 6.46. The third-order valence-corrected chi connectivity index (χ3v) is 4.15. The van der Waals surface area contributed by atoms with Crippen LogP contribution in [0.1, 0.15) is 24.9 Å². The van der Waals surface area contributed by atoms with Gasteiger partial charge in [-0.15, -0.1) is 0 Å². The Morgan fingerprint density at radius 1 is 1.39 bits per heavy atom. The first kappa shape index (κ1) is 15.7. The summed E-state index contributed by atoms with van der Waals surface area (Å²) < 4.78 is 5.87. The Kier molecular flexibility index (Phi) is 4.76. The van der Waals surface area contributed by atoms with Gasteiger partial charge in [-0.25, -0.2) is 4.98 Å². The van der Waals surface area contributed by atoms with E-state index in [4.69, 9.17) is 4.42 Å². The van der Waals surface area contributed by atoms with Gasteiger partial charge in [0.2, 0.25) is 5.91 Å². The zero-order valence-electron chi connectivity index (χ0n) is 13.7. The maximum atomic E-state index is 12.3. The number of carbonyl (C=O) groups is 1. The fraction of sp³-hybridized carbons (Fsp3) is 0.444. The molecule has 2 heterocycles. The van der Waals surface area contributed by atoms with Crippen LogP contribution in [0.15, 0.2) is 34.7 Å². The van der Waals surface area contributed by atoms with E-state index in [0.717, 1.165) is 36.7 Å². The van der Waals surface area contributed by atoms with E-state index in [9.17, 15) is 4.79 Å². The Morgan fingerprint density at radius 2 is 2.17 bits per heavy atom. The van der Waals surface area contributed by atoms with E-state index in [-0.39, 0.29) is 5.91 Å². The number of nitrogens with zero attached hydrogens (tertiary/aromatic N) is 2. The molecule has 0 aliphatic carbocycles. The molecule has 5 heteroatoms. The molecule has 0 unspecified atom stereocenters. The van der Waals surface area contributed by atoms with Gasteiger partial charge >= 0.3 is 0 Å². The number of aromatic nitrogens is 1. The highest BCUT2D eigenvalue weighted by molar-refractivity contribution is 5.76. The van der Waals surface area contributed by atoms with Gasteiger partial charge in [-0.2, -0.15) is 0 Å². The lowest BCUT2D eigenvalue weighted by atomic mass is 10.1. The van der Waals surface area contributed by atoms with Crippen LogP contribution in [-0.4, -0.2) is 41.5 Å². The molecule has 122 valence electrons. The van der Waals surface area contributed by atoms with Crippen molar-refractivity contribution in [2.75, 3.05) is 19.6 Å². The molecular weight excluding hydrogens is 290 g/mol. The van der Waals surface area contributed by atoms with Crippen molar-refractivity contribution in [3.05, 3.63) is 41.9 Å². The first-order chi connectivity index (χ1) is 11.1. The highest BCUT2D eigenvalue weighted by Gasteiger charge is 2.21. The van der Waals surface area contributed by atoms with Crippen LogP contribution in [0.25, 0.3) is 11.3 Å². The molecule has 1 aromatic carbocycles. The van der Waals surface area contributed by atoms with Gasteiger partial charge in [-0.1, -0.05) is 30.3 Å². The standard InChI is InChI=1S/C18H23N3O2/c1-13-12-21(11-10-19-13)17(22)9-8-16-20-14(2)18(23-16)15-6-4-3-5-7-15/h3-7,13,19H,8-12H2,1-2H3/t13-/m1/s1. The van der Waals surface area contributed by atoms with Crippen LogP contribution in [-0.2, 0) is 11.2 Å². The zero-order valence-corrected chi connectivity index (χ0v) is 13.7. The van der Waals surface area contributed by atoms with Crippen LogP contribution in [0.5, 0.6) is 0 Å². The lowest BCUT2D eigenvalue weighted by Gasteiger charge is -2.31. The second-order valence-corrected chi connectivity index (χ2v) is 6.08. The predicted octanol–water partition coefficient (Wildman–Crippen LogP) is 2.40. The fourth-order valence-corrected chi connectivity index (χ4v) is 2.95. The van der Waals surface area contributed by atoms with Crippen molar-refractivity contribution in [3.63, 3.8) is 0 Å². The summed E-state index contributed by atoms with van der Waals surface area (Å²) in [5, 5.41) is 3.34. The fourth-order valence-electron chi connectivity index (χ4n) is 2.95. The lowest BCUT2D eigenvalue weighted by Crippen LogP contribution is -2.51. The summed E-state index contributed by atoms with van der Waals surface area (Å²) in [6, 6.07) is 10.3. The maximum Gasteiger partial charge on any atom is 0.223 e. The summed E-state index contributed by atoms with van der Waals surface area (Å²) in [5.41, 5.74) is 1.89. The Hall–Kier alpha value is -2.14. The minimum atomic E-state index is 0.176. The number of amides is 1. The third kappa shape index (κ3) is 3.79. The molecular formula is C18H23N3O2. The van der Waals surface area contributed by atoms with Crippen LogP contribution in [0.2, 0.25) is 0 Å². The molecule has 1 saturated heterocycles. The van der Waals surface area contributed by atoms with Crippen molar-refractivity contribution in [1.29, 1.82) is 0 Å². The van der Waals surface area contributed by atoms with E-state index in [1.807, 2.05) is 42.2 Å². The van der Waals surface area contributed by atoms with Crippen LogP contribution >= 0.6 is 0 Å². The molecule has 1 aromatic heterocycles. The molecule has 0 bridgehead atoms. The van der Waals surface area contributed by atoms with Gasteiger partial charge < -0.3 is 14.6 Å². The molecule has 1 amide bonds. The van der Waals surface area contributed by atoms with Crippen LogP contribution < -0.4 is 5.32 Å². The molecule has 5 nitrogen and oxygen atoms in total. The maximum absolute atomic E-state index is 12.3. The van der Waals surface area contributed by atoms with Gasteiger partial charge in [-0.3, -0.25) is 4.79 Å². The number of nitrogens with one attached hydrogen (secondary N) is 1. The smallest absolute Gasteiger partial charge is 0.223 e. The third-order valence-electron chi connectivity index (χ3n) is 4.15. The summed E-state index contributed by atoms with van der Waals surface area (Å²) in [6.07, 6.45) is 0.992. The van der Waals surface area contributed by atoms with E-state index in [2.05, 4.69) is 17.2 Å². The van der Waals surface area contributed by atoms with Crippen LogP contribution in [0, 0.1) is 6.92 Å². The Balaban J connectivity index is 1.62. The first-order valence-electron chi connectivity index (χ1n) is 8.16. The molecule has 1 aliphatic rings.